The van der Waals surface area contributed by atoms with Gasteiger partial charge in [0.1, 0.15) is 0 Å². The summed E-state index contributed by atoms with van der Waals surface area (Å²) in [6.45, 7) is 18.0. The van der Waals surface area contributed by atoms with Crippen molar-refractivity contribution >= 4 is 22.5 Å². The Morgan fingerprint density at radius 2 is 1.53 bits per heavy atom. The molecule has 5 heteroatoms. The molecule has 0 aliphatic carbocycles. The van der Waals surface area contributed by atoms with Crippen LogP contribution in [0.1, 0.15) is 6.92 Å². The number of rotatable bonds is 4. The van der Waals surface area contributed by atoms with Crippen LogP contribution in [-0.4, -0.2) is 27.0 Å². The van der Waals surface area contributed by atoms with Crippen molar-refractivity contribution in [2.45, 2.75) is 46.2 Å². The van der Waals surface area contributed by atoms with Crippen LogP contribution < -0.4 is 0 Å². The Balaban J connectivity index is 4.82. The maximum Gasteiger partial charge on any atom is 0.244 e. The van der Waals surface area contributed by atoms with Gasteiger partial charge in [-0.1, -0.05) is 19.6 Å². The van der Waals surface area contributed by atoms with Gasteiger partial charge in [0.15, 0.2) is 14.1 Å². The molecule has 0 aromatic rings. The van der Waals surface area contributed by atoms with Crippen LogP contribution in [0.25, 0.3) is 0 Å². The molecule has 0 rings (SSSR count). The predicted octanol–water partition coefficient (Wildman–Crippen LogP) is 2.99. The highest BCUT2D eigenvalue weighted by Gasteiger charge is 2.31. The van der Waals surface area contributed by atoms with E-state index in [2.05, 4.69) is 45.9 Å². The Morgan fingerprint density at radius 3 is 1.73 bits per heavy atom. The number of hydrogen-bond donors (Lipinski definition) is 0. The quantitative estimate of drug-likeness (QED) is 0.563. The second kappa shape index (κ2) is 4.53. The molecular weight excluding hydrogens is 222 g/mol. The maximum absolute atomic E-state index is 11.6. The smallest absolute Gasteiger partial charge is 0.244 e. The lowest BCUT2D eigenvalue weighted by atomic mass is 10.7. The van der Waals surface area contributed by atoms with Gasteiger partial charge in [-0.2, -0.15) is 0 Å². The molecular formula is C10H23NO2Si2. The van der Waals surface area contributed by atoms with E-state index in [4.69, 9.17) is 4.43 Å². The molecule has 0 heterocycles. The average molecular weight is 245 g/mol. The summed E-state index contributed by atoms with van der Waals surface area (Å²) in [5, 5.41) is 0. The summed E-state index contributed by atoms with van der Waals surface area (Å²) >= 11 is 0. The van der Waals surface area contributed by atoms with Crippen LogP contribution in [0.2, 0.25) is 39.3 Å². The third-order valence-electron chi connectivity index (χ3n) is 1.66. The van der Waals surface area contributed by atoms with Crippen LogP contribution in [-0.2, 0) is 9.22 Å². The molecule has 0 aliphatic heterocycles. The second-order valence-corrected chi connectivity index (χ2v) is 14.9. The molecule has 0 unspecified atom stereocenters. The van der Waals surface area contributed by atoms with Gasteiger partial charge in [-0.3, -0.25) is 4.79 Å². The fourth-order valence-corrected chi connectivity index (χ4v) is 4.05. The van der Waals surface area contributed by atoms with Crippen LogP contribution in [0.5, 0.6) is 0 Å². The Kier molecular flexibility index (Phi) is 4.36. The molecule has 0 bridgehead atoms. The van der Waals surface area contributed by atoms with Crippen molar-refractivity contribution in [2.75, 3.05) is 0 Å². The van der Waals surface area contributed by atoms with E-state index in [-0.39, 0.29) is 5.91 Å². The summed E-state index contributed by atoms with van der Waals surface area (Å²) < 4.78 is 7.51. The van der Waals surface area contributed by atoms with E-state index >= 15 is 0 Å². The lowest BCUT2D eigenvalue weighted by Gasteiger charge is -2.36. The monoisotopic (exact) mass is 245 g/mol. The summed E-state index contributed by atoms with van der Waals surface area (Å²) in [5.41, 5.74) is 0. The molecule has 0 aliphatic rings. The molecule has 0 fully saturated rings. The van der Waals surface area contributed by atoms with Crippen molar-refractivity contribution in [3.63, 3.8) is 0 Å². The van der Waals surface area contributed by atoms with Gasteiger partial charge in [-0.25, -0.2) is 0 Å². The fraction of sp³-hybridized carbons (Fsp3) is 0.700. The standard InChI is InChI=1S/C10H23NO2Si2/c1-9(12)11(14(3,4)5)10(2)13-15(6,7)8/h2H2,1,3-8H3. The van der Waals surface area contributed by atoms with Gasteiger partial charge in [0.25, 0.3) is 0 Å². The molecule has 0 spiro atoms. The van der Waals surface area contributed by atoms with Crippen LogP contribution in [0.15, 0.2) is 12.5 Å². The zero-order valence-corrected chi connectivity index (χ0v) is 13.0. The third kappa shape index (κ3) is 5.18. The van der Waals surface area contributed by atoms with Gasteiger partial charge in [0, 0.05) is 6.92 Å². The second-order valence-electron chi connectivity index (χ2n) is 5.63. The summed E-state index contributed by atoms with van der Waals surface area (Å²) in [7, 11) is -3.41. The molecule has 0 aromatic carbocycles. The normalized spacial score (nSPS) is 12.2. The largest absolute Gasteiger partial charge is 0.533 e. The van der Waals surface area contributed by atoms with Gasteiger partial charge < -0.3 is 8.99 Å². The summed E-state index contributed by atoms with van der Waals surface area (Å²) in [5.74, 6) is 0.554. The van der Waals surface area contributed by atoms with Gasteiger partial charge in [0.2, 0.25) is 14.2 Å². The molecule has 0 saturated heterocycles. The topological polar surface area (TPSA) is 29.5 Å². The summed E-state index contributed by atoms with van der Waals surface area (Å²) in [6, 6.07) is 0. The number of amides is 1. The molecule has 0 atom stereocenters. The van der Waals surface area contributed by atoms with Crippen molar-refractivity contribution in [2.24, 2.45) is 0 Å². The van der Waals surface area contributed by atoms with Crippen molar-refractivity contribution in [1.82, 2.24) is 4.57 Å². The highest BCUT2D eigenvalue weighted by molar-refractivity contribution is 6.76. The van der Waals surface area contributed by atoms with Gasteiger partial charge in [-0.15, -0.1) is 0 Å². The first kappa shape index (κ1) is 14.4. The molecule has 0 radical (unpaired) electrons. The molecule has 3 nitrogen and oxygen atoms in total. The number of carbonyl (C=O) groups is 1. The van der Waals surface area contributed by atoms with Gasteiger partial charge in [-0.05, 0) is 26.2 Å². The molecule has 0 aromatic heterocycles. The Morgan fingerprint density at radius 1 is 1.13 bits per heavy atom. The minimum Gasteiger partial charge on any atom is -0.533 e. The summed E-state index contributed by atoms with van der Waals surface area (Å²) in [4.78, 5) is 11.6. The highest BCUT2D eigenvalue weighted by atomic mass is 28.4. The van der Waals surface area contributed by atoms with Crippen molar-refractivity contribution in [3.05, 3.63) is 12.5 Å². The first-order valence-electron chi connectivity index (χ1n) is 5.14. The number of nitrogens with zero attached hydrogens (tertiary/aromatic N) is 1. The first-order valence-corrected chi connectivity index (χ1v) is 12.0. The van der Waals surface area contributed by atoms with Gasteiger partial charge in [0.05, 0.1) is 0 Å². The molecule has 0 saturated carbocycles. The van der Waals surface area contributed by atoms with E-state index in [1.807, 2.05) is 0 Å². The lowest BCUT2D eigenvalue weighted by molar-refractivity contribution is -0.124. The third-order valence-corrected chi connectivity index (χ3v) is 4.41. The van der Waals surface area contributed by atoms with E-state index in [0.717, 1.165) is 0 Å². The maximum atomic E-state index is 11.6. The number of hydrogen-bond acceptors (Lipinski definition) is 2. The number of carbonyl (C=O) groups excluding carboxylic acids is 1. The minimum absolute atomic E-state index is 0.0254. The SMILES string of the molecule is C=C(O[Si](C)(C)C)N(C(C)=O)[Si](C)(C)C. The molecule has 15 heavy (non-hydrogen) atoms. The van der Waals surface area contributed by atoms with Crippen molar-refractivity contribution in [3.8, 4) is 0 Å². The van der Waals surface area contributed by atoms with E-state index in [0.29, 0.717) is 5.88 Å². The van der Waals surface area contributed by atoms with E-state index < -0.39 is 16.6 Å². The Bertz CT molecular complexity index is 264. The summed E-state index contributed by atoms with van der Waals surface area (Å²) in [6.07, 6.45) is 0. The minimum atomic E-state index is -1.73. The predicted molar refractivity (Wildman–Crippen MR) is 69.4 cm³/mol. The van der Waals surface area contributed by atoms with Crippen molar-refractivity contribution in [1.29, 1.82) is 0 Å². The fourth-order valence-electron chi connectivity index (χ4n) is 1.42. The zero-order chi connectivity index (χ0) is 12.4. The molecule has 0 N–H and O–H groups in total. The molecule has 88 valence electrons. The van der Waals surface area contributed by atoms with Crippen molar-refractivity contribution < 1.29 is 9.22 Å². The van der Waals surface area contributed by atoms with Crippen LogP contribution in [0, 0.1) is 0 Å². The Labute approximate surface area is 95.3 Å². The van der Waals surface area contributed by atoms with Crippen LogP contribution in [0.3, 0.4) is 0 Å². The van der Waals surface area contributed by atoms with Gasteiger partial charge >= 0.3 is 0 Å². The van der Waals surface area contributed by atoms with Crippen LogP contribution in [0.4, 0.5) is 0 Å². The highest BCUT2D eigenvalue weighted by Crippen LogP contribution is 2.20. The average Bonchev–Trinajstić information content (AvgIpc) is 1.74. The van der Waals surface area contributed by atoms with E-state index in [1.54, 1.807) is 11.5 Å². The lowest BCUT2D eigenvalue weighted by Crippen LogP contribution is -2.49. The Hall–Kier alpha value is -0.556. The van der Waals surface area contributed by atoms with Crippen LogP contribution >= 0.6 is 0 Å². The first-order chi connectivity index (χ1) is 6.45. The molecule has 1 amide bonds. The zero-order valence-electron chi connectivity index (χ0n) is 11.0. The van der Waals surface area contributed by atoms with E-state index in [1.165, 1.54) is 0 Å². The van der Waals surface area contributed by atoms with E-state index in [9.17, 15) is 4.79 Å².